The highest BCUT2D eigenvalue weighted by Gasteiger charge is 2.30. The number of hydrogen-bond acceptors (Lipinski definition) is 5. The lowest BCUT2D eigenvalue weighted by Crippen LogP contribution is -2.38. The number of aromatic nitrogens is 1. The van der Waals surface area contributed by atoms with Crippen molar-refractivity contribution in [2.24, 2.45) is 0 Å². The van der Waals surface area contributed by atoms with E-state index in [4.69, 9.17) is 0 Å². The van der Waals surface area contributed by atoms with Crippen LogP contribution in [0, 0.1) is 12.7 Å². The lowest BCUT2D eigenvalue weighted by Gasteiger charge is -2.25. The van der Waals surface area contributed by atoms with E-state index >= 15 is 0 Å². The molecule has 10 heteroatoms. The van der Waals surface area contributed by atoms with Crippen molar-refractivity contribution in [3.63, 3.8) is 0 Å². The number of sulfone groups is 1. The van der Waals surface area contributed by atoms with Gasteiger partial charge in [0.15, 0.2) is 9.84 Å². The van der Waals surface area contributed by atoms with E-state index in [9.17, 15) is 22.4 Å². The third-order valence-electron chi connectivity index (χ3n) is 7.99. The van der Waals surface area contributed by atoms with Crippen LogP contribution in [-0.4, -0.2) is 67.7 Å². The summed E-state index contributed by atoms with van der Waals surface area (Å²) in [5.74, 6) is -1.08. The van der Waals surface area contributed by atoms with Crippen LogP contribution in [0.3, 0.4) is 0 Å². The smallest absolute Gasteiger partial charge is 0.256 e. The number of fused-ring (bicyclic) bond motifs is 2. The number of H-pyrrole nitrogens is 1. The molecule has 0 atom stereocenters. The van der Waals surface area contributed by atoms with E-state index in [0.29, 0.717) is 46.7 Å². The minimum atomic E-state index is -3.76. The van der Waals surface area contributed by atoms with Crippen molar-refractivity contribution in [2.45, 2.75) is 44.3 Å². The molecule has 1 aromatic heterocycles. The molecule has 0 unspecified atom stereocenters. The summed E-state index contributed by atoms with van der Waals surface area (Å²) < 4.78 is 39.7. The molecular weight excluding hydrogens is 543 g/mol. The van der Waals surface area contributed by atoms with Crippen LogP contribution in [0.4, 0.5) is 10.1 Å². The van der Waals surface area contributed by atoms with E-state index in [2.05, 4.69) is 29.0 Å². The van der Waals surface area contributed by atoms with Crippen molar-refractivity contribution >= 4 is 39.0 Å². The van der Waals surface area contributed by atoms with E-state index in [0.717, 1.165) is 43.7 Å². The van der Waals surface area contributed by atoms with Gasteiger partial charge in [-0.3, -0.25) is 9.59 Å². The number of hydrogen-bond donors (Lipinski definition) is 2. The van der Waals surface area contributed by atoms with Crippen LogP contribution in [0.1, 0.15) is 58.7 Å². The molecule has 0 aliphatic carbocycles. The average Bonchev–Trinajstić information content (AvgIpc) is 3.37. The molecule has 0 saturated carbocycles. The molecule has 0 spiro atoms. The topological polar surface area (TPSA) is 103 Å². The Morgan fingerprint density at radius 3 is 2.51 bits per heavy atom. The van der Waals surface area contributed by atoms with Gasteiger partial charge < -0.3 is 20.1 Å². The number of anilines is 1. The maximum absolute atomic E-state index is 13.6. The van der Waals surface area contributed by atoms with Crippen LogP contribution in [0.2, 0.25) is 0 Å². The number of carbonyl (C=O) groups excluding carboxylic acids is 2. The number of nitrogens with zero attached hydrogens (tertiary/aromatic N) is 2. The Hall–Kier alpha value is -3.76. The largest absolute Gasteiger partial charge is 0.358 e. The third-order valence-corrected chi connectivity index (χ3v) is 9.68. The number of aryl methyl sites for hydroxylation is 1. The first kappa shape index (κ1) is 28.8. The summed E-state index contributed by atoms with van der Waals surface area (Å²) >= 11 is 0. The van der Waals surface area contributed by atoms with Gasteiger partial charge in [-0.05, 0) is 80.4 Å². The number of rotatable bonds is 9. The van der Waals surface area contributed by atoms with Crippen LogP contribution >= 0.6 is 0 Å². The van der Waals surface area contributed by atoms with E-state index in [-0.39, 0.29) is 22.5 Å². The minimum Gasteiger partial charge on any atom is -0.358 e. The maximum Gasteiger partial charge on any atom is 0.256 e. The highest BCUT2D eigenvalue weighted by Crippen LogP contribution is 2.36. The van der Waals surface area contributed by atoms with Gasteiger partial charge in [0.1, 0.15) is 5.82 Å². The van der Waals surface area contributed by atoms with Crippen LogP contribution in [0.5, 0.6) is 0 Å². The van der Waals surface area contributed by atoms with E-state index in [1.807, 2.05) is 11.8 Å². The number of carbonyl (C=O) groups is 2. The Bertz CT molecular complexity index is 1620. The van der Waals surface area contributed by atoms with Crippen molar-refractivity contribution in [1.82, 2.24) is 14.8 Å². The molecule has 41 heavy (non-hydrogen) atoms. The van der Waals surface area contributed by atoms with Crippen molar-refractivity contribution in [3.8, 4) is 0 Å². The third kappa shape index (κ3) is 5.85. The summed E-state index contributed by atoms with van der Waals surface area (Å²) in [5.41, 5.74) is 4.74. The predicted molar refractivity (Wildman–Crippen MR) is 158 cm³/mol. The van der Waals surface area contributed by atoms with E-state index in [1.165, 1.54) is 36.4 Å². The van der Waals surface area contributed by atoms with Crippen molar-refractivity contribution in [1.29, 1.82) is 0 Å². The summed E-state index contributed by atoms with van der Waals surface area (Å²) in [6.07, 6.45) is 3.27. The van der Waals surface area contributed by atoms with Gasteiger partial charge in [-0.2, -0.15) is 0 Å². The average molecular weight is 579 g/mol. The van der Waals surface area contributed by atoms with Crippen molar-refractivity contribution < 1.29 is 22.4 Å². The van der Waals surface area contributed by atoms with Gasteiger partial charge in [-0.1, -0.05) is 26.0 Å². The quantitative estimate of drug-likeness (QED) is 0.360. The number of aromatic amines is 1. The minimum absolute atomic E-state index is 0.00602. The molecule has 0 fully saturated rings. The Labute approximate surface area is 240 Å². The SMILES string of the molecule is CCN(CC)CCN1CCCc2[nH]c(C=C3C(=O)Nc4ccc(S(=O)(=O)Cc5ccc(F)cc5)cc43)c(C)c2C1=O. The molecule has 8 nitrogen and oxygen atoms in total. The molecule has 2 aliphatic rings. The number of nitrogens with one attached hydrogen (secondary N) is 2. The Balaban J connectivity index is 1.44. The zero-order chi connectivity index (χ0) is 29.3. The number of benzene rings is 2. The maximum atomic E-state index is 13.6. The molecular formula is C31H35FN4O4S. The van der Waals surface area contributed by atoms with Gasteiger partial charge in [0.2, 0.25) is 0 Å². The van der Waals surface area contributed by atoms with Crippen molar-refractivity contribution in [3.05, 3.63) is 81.9 Å². The molecule has 0 radical (unpaired) electrons. The molecule has 5 rings (SSSR count). The molecule has 0 bridgehead atoms. The Morgan fingerprint density at radius 1 is 1.07 bits per heavy atom. The first-order valence-electron chi connectivity index (χ1n) is 14.0. The molecule has 2 aromatic carbocycles. The number of halogens is 1. The molecule has 3 aromatic rings. The van der Waals surface area contributed by atoms with Crippen molar-refractivity contribution in [2.75, 3.05) is 38.0 Å². The van der Waals surface area contributed by atoms with Gasteiger partial charge in [0.05, 0.1) is 21.8 Å². The van der Waals surface area contributed by atoms with Gasteiger partial charge in [-0.25, -0.2) is 12.8 Å². The zero-order valence-corrected chi connectivity index (χ0v) is 24.4. The van der Waals surface area contributed by atoms with Crippen LogP contribution in [0.25, 0.3) is 11.6 Å². The summed E-state index contributed by atoms with van der Waals surface area (Å²) in [6.45, 7) is 10.2. The number of likely N-dealkylation sites (N-methyl/N-ethyl adjacent to an activating group) is 1. The van der Waals surface area contributed by atoms with Crippen LogP contribution < -0.4 is 5.32 Å². The fourth-order valence-electron chi connectivity index (χ4n) is 5.55. The Kier molecular flexibility index (Phi) is 8.15. The molecule has 2 N–H and O–H groups in total. The first-order valence-corrected chi connectivity index (χ1v) is 15.6. The molecule has 2 aliphatic heterocycles. The number of amides is 2. The molecule has 0 saturated heterocycles. The normalized spacial score (nSPS) is 16.2. The summed E-state index contributed by atoms with van der Waals surface area (Å²) in [6, 6.07) is 9.90. The van der Waals surface area contributed by atoms with Gasteiger partial charge in [0, 0.05) is 42.3 Å². The van der Waals surface area contributed by atoms with Crippen LogP contribution in [0.15, 0.2) is 47.4 Å². The highest BCUT2D eigenvalue weighted by molar-refractivity contribution is 7.90. The molecule has 2 amide bonds. The second-order valence-corrected chi connectivity index (χ2v) is 12.5. The fraction of sp³-hybridized carbons (Fsp3) is 0.355. The summed E-state index contributed by atoms with van der Waals surface area (Å²) in [5, 5.41) is 2.81. The first-order chi connectivity index (χ1) is 19.6. The Morgan fingerprint density at radius 2 is 1.80 bits per heavy atom. The summed E-state index contributed by atoms with van der Waals surface area (Å²) in [7, 11) is -3.76. The fourth-order valence-corrected chi connectivity index (χ4v) is 6.93. The molecule has 216 valence electrons. The lowest BCUT2D eigenvalue weighted by molar-refractivity contribution is -0.110. The van der Waals surface area contributed by atoms with E-state index in [1.54, 1.807) is 12.1 Å². The standard InChI is InChI=1S/C31H35FN4O4S/c1-4-35(5-2)15-16-36-14-6-7-27-29(31(36)38)20(3)28(33-27)18-25-24-17-23(12-13-26(24)34-30(25)37)41(39,40)19-21-8-10-22(32)11-9-21/h8-13,17-18,33H,4-7,14-16,19H2,1-3H3,(H,34,37). The van der Waals surface area contributed by atoms with E-state index < -0.39 is 15.7 Å². The second kappa shape index (κ2) is 11.6. The molecule has 3 heterocycles. The second-order valence-electron chi connectivity index (χ2n) is 10.5. The van der Waals surface area contributed by atoms with Gasteiger partial charge >= 0.3 is 0 Å². The van der Waals surface area contributed by atoms with Crippen LogP contribution in [-0.2, 0) is 26.8 Å². The van der Waals surface area contributed by atoms with Gasteiger partial charge in [-0.15, -0.1) is 0 Å². The highest BCUT2D eigenvalue weighted by atomic mass is 32.2. The monoisotopic (exact) mass is 578 g/mol. The van der Waals surface area contributed by atoms with Gasteiger partial charge in [0.25, 0.3) is 11.8 Å². The summed E-state index contributed by atoms with van der Waals surface area (Å²) in [4.78, 5) is 34.2. The zero-order valence-electron chi connectivity index (χ0n) is 23.6. The lowest BCUT2D eigenvalue weighted by atomic mass is 10.0. The predicted octanol–water partition coefficient (Wildman–Crippen LogP) is 4.66.